The number of nitrogens with zero attached hydrogens (tertiary/aromatic N) is 3. The number of hydrogen-bond acceptors (Lipinski definition) is 6. The van der Waals surface area contributed by atoms with Crippen molar-refractivity contribution in [2.24, 2.45) is 0 Å². The first-order valence-corrected chi connectivity index (χ1v) is 7.97. The Labute approximate surface area is 137 Å². The fourth-order valence-corrected chi connectivity index (χ4v) is 2.27. The third kappa shape index (κ3) is 5.04. The molecule has 126 valence electrons. The monoisotopic (exact) mass is 319 g/mol. The third-order valence-corrected chi connectivity index (χ3v) is 3.46. The third-order valence-electron chi connectivity index (χ3n) is 3.46. The molecule has 0 spiro atoms. The van der Waals surface area contributed by atoms with Crippen molar-refractivity contribution < 1.29 is 14.4 Å². The van der Waals surface area contributed by atoms with Crippen LogP contribution in [0.15, 0.2) is 28.8 Å². The van der Waals surface area contributed by atoms with Crippen molar-refractivity contribution in [3.8, 4) is 17.1 Å². The maximum absolute atomic E-state index is 9.58. The Morgan fingerprint density at radius 1 is 1.22 bits per heavy atom. The van der Waals surface area contributed by atoms with Gasteiger partial charge in [-0.2, -0.15) is 4.98 Å². The van der Waals surface area contributed by atoms with E-state index in [0.717, 1.165) is 11.3 Å². The maximum Gasteiger partial charge on any atom is 0.241 e. The van der Waals surface area contributed by atoms with Crippen LogP contribution in [-0.4, -0.2) is 45.4 Å². The standard InChI is InChI=1S/C17H25N3O3/c1-5-22-15-8-6-14(7-9-15)17-18-16(23-19-17)11-20(12(2)3)10-13(4)21/h6-9,12-13,21H,5,10-11H2,1-4H3. The Bertz CT molecular complexity index is 593. The van der Waals surface area contributed by atoms with Crippen LogP contribution in [-0.2, 0) is 6.54 Å². The highest BCUT2D eigenvalue weighted by Gasteiger charge is 2.17. The summed E-state index contributed by atoms with van der Waals surface area (Å²) in [7, 11) is 0. The van der Waals surface area contributed by atoms with Gasteiger partial charge < -0.3 is 14.4 Å². The average molecular weight is 319 g/mol. The molecular weight excluding hydrogens is 294 g/mol. The molecule has 1 aromatic carbocycles. The largest absolute Gasteiger partial charge is 0.494 e. The van der Waals surface area contributed by atoms with Crippen molar-refractivity contribution in [1.82, 2.24) is 15.0 Å². The molecule has 2 aromatic rings. The van der Waals surface area contributed by atoms with Gasteiger partial charge in [-0.1, -0.05) is 5.16 Å². The maximum atomic E-state index is 9.58. The Morgan fingerprint density at radius 3 is 2.48 bits per heavy atom. The summed E-state index contributed by atoms with van der Waals surface area (Å²) in [5.74, 6) is 1.93. The molecule has 0 amide bonds. The van der Waals surface area contributed by atoms with Gasteiger partial charge in [-0.25, -0.2) is 0 Å². The van der Waals surface area contributed by atoms with Gasteiger partial charge in [-0.15, -0.1) is 0 Å². The molecule has 0 fully saturated rings. The quantitative estimate of drug-likeness (QED) is 0.806. The van der Waals surface area contributed by atoms with E-state index in [4.69, 9.17) is 9.26 Å². The minimum Gasteiger partial charge on any atom is -0.494 e. The lowest BCUT2D eigenvalue weighted by Crippen LogP contribution is -2.36. The molecule has 1 unspecified atom stereocenters. The Hall–Kier alpha value is -1.92. The van der Waals surface area contributed by atoms with Crippen molar-refractivity contribution in [1.29, 1.82) is 0 Å². The molecule has 0 saturated heterocycles. The first-order chi connectivity index (χ1) is 11.0. The number of ether oxygens (including phenoxy) is 1. The molecule has 6 nitrogen and oxygen atoms in total. The number of benzene rings is 1. The van der Waals surface area contributed by atoms with Crippen LogP contribution in [0.3, 0.4) is 0 Å². The fraction of sp³-hybridized carbons (Fsp3) is 0.529. The highest BCUT2D eigenvalue weighted by Crippen LogP contribution is 2.20. The SMILES string of the molecule is CCOc1ccc(-c2noc(CN(CC(C)O)C(C)C)n2)cc1. The summed E-state index contributed by atoms with van der Waals surface area (Å²) in [6.45, 7) is 9.60. The van der Waals surface area contributed by atoms with Crippen LogP contribution in [0.4, 0.5) is 0 Å². The number of rotatable bonds is 8. The molecule has 0 radical (unpaired) electrons. The normalized spacial score (nSPS) is 12.8. The zero-order valence-electron chi connectivity index (χ0n) is 14.2. The summed E-state index contributed by atoms with van der Waals surface area (Å²) in [4.78, 5) is 6.54. The Kier molecular flexibility index (Phi) is 6.12. The van der Waals surface area contributed by atoms with E-state index >= 15 is 0 Å². The van der Waals surface area contributed by atoms with E-state index in [-0.39, 0.29) is 6.04 Å². The van der Waals surface area contributed by atoms with Crippen LogP contribution < -0.4 is 4.74 Å². The van der Waals surface area contributed by atoms with E-state index < -0.39 is 6.10 Å². The van der Waals surface area contributed by atoms with Gasteiger partial charge in [0.25, 0.3) is 0 Å². The summed E-state index contributed by atoms with van der Waals surface area (Å²) in [6.07, 6.45) is -0.397. The summed E-state index contributed by atoms with van der Waals surface area (Å²) in [6, 6.07) is 7.89. The smallest absolute Gasteiger partial charge is 0.241 e. The van der Waals surface area contributed by atoms with Crippen LogP contribution >= 0.6 is 0 Å². The topological polar surface area (TPSA) is 71.6 Å². The Morgan fingerprint density at radius 2 is 1.91 bits per heavy atom. The zero-order valence-corrected chi connectivity index (χ0v) is 14.2. The predicted molar refractivity (Wildman–Crippen MR) is 88.1 cm³/mol. The number of hydrogen-bond donors (Lipinski definition) is 1. The van der Waals surface area contributed by atoms with Crippen LogP contribution in [0.2, 0.25) is 0 Å². The molecule has 1 heterocycles. The molecule has 0 aliphatic carbocycles. The van der Waals surface area contributed by atoms with Gasteiger partial charge >= 0.3 is 0 Å². The minimum absolute atomic E-state index is 0.283. The molecule has 0 aliphatic rings. The molecule has 1 atom stereocenters. The lowest BCUT2D eigenvalue weighted by atomic mass is 10.2. The number of aromatic nitrogens is 2. The number of aliphatic hydroxyl groups is 1. The second-order valence-electron chi connectivity index (χ2n) is 5.84. The van der Waals surface area contributed by atoms with E-state index in [9.17, 15) is 5.11 Å². The summed E-state index contributed by atoms with van der Waals surface area (Å²) < 4.78 is 10.8. The second-order valence-corrected chi connectivity index (χ2v) is 5.84. The Balaban J connectivity index is 2.07. The molecule has 2 rings (SSSR count). The van der Waals surface area contributed by atoms with Crippen LogP contribution in [0.25, 0.3) is 11.4 Å². The molecule has 0 saturated carbocycles. The molecule has 1 aromatic heterocycles. The van der Waals surface area contributed by atoms with E-state index in [1.807, 2.05) is 31.2 Å². The van der Waals surface area contributed by atoms with Gasteiger partial charge in [0, 0.05) is 18.2 Å². The molecule has 23 heavy (non-hydrogen) atoms. The molecule has 1 N–H and O–H groups in total. The highest BCUT2D eigenvalue weighted by atomic mass is 16.5. The minimum atomic E-state index is -0.397. The summed E-state index contributed by atoms with van der Waals surface area (Å²) in [5, 5.41) is 13.6. The first-order valence-electron chi connectivity index (χ1n) is 7.97. The van der Waals surface area contributed by atoms with Gasteiger partial charge in [0.2, 0.25) is 11.7 Å². The van der Waals surface area contributed by atoms with Crippen LogP contribution in [0.1, 0.15) is 33.6 Å². The van der Waals surface area contributed by atoms with Crippen molar-refractivity contribution >= 4 is 0 Å². The van der Waals surface area contributed by atoms with Crippen LogP contribution in [0.5, 0.6) is 5.75 Å². The van der Waals surface area contributed by atoms with E-state index in [1.165, 1.54) is 0 Å². The van der Waals surface area contributed by atoms with Gasteiger partial charge in [-0.3, -0.25) is 4.90 Å². The van der Waals surface area contributed by atoms with Gasteiger partial charge in [0.15, 0.2) is 0 Å². The summed E-state index contributed by atoms with van der Waals surface area (Å²) >= 11 is 0. The molecule has 0 bridgehead atoms. The number of aliphatic hydroxyl groups excluding tert-OH is 1. The van der Waals surface area contributed by atoms with Crippen molar-refractivity contribution in [2.75, 3.05) is 13.2 Å². The molecule has 0 aliphatic heterocycles. The second kappa shape index (κ2) is 8.08. The van der Waals surface area contributed by atoms with E-state index in [1.54, 1.807) is 6.92 Å². The lowest BCUT2D eigenvalue weighted by molar-refractivity contribution is 0.0943. The van der Waals surface area contributed by atoms with Gasteiger partial charge in [-0.05, 0) is 52.0 Å². The van der Waals surface area contributed by atoms with E-state index in [2.05, 4.69) is 28.9 Å². The fourth-order valence-electron chi connectivity index (χ4n) is 2.27. The van der Waals surface area contributed by atoms with Gasteiger partial charge in [0.05, 0.1) is 19.3 Å². The van der Waals surface area contributed by atoms with Crippen molar-refractivity contribution in [3.63, 3.8) is 0 Å². The molecule has 6 heteroatoms. The lowest BCUT2D eigenvalue weighted by Gasteiger charge is -2.25. The van der Waals surface area contributed by atoms with Crippen molar-refractivity contribution in [3.05, 3.63) is 30.2 Å². The van der Waals surface area contributed by atoms with E-state index in [0.29, 0.717) is 31.4 Å². The summed E-state index contributed by atoms with van der Waals surface area (Å²) in [5.41, 5.74) is 0.884. The van der Waals surface area contributed by atoms with Crippen molar-refractivity contribution in [2.45, 2.75) is 46.4 Å². The first kappa shape index (κ1) is 17.4. The average Bonchev–Trinajstić information content (AvgIpc) is 2.96. The zero-order chi connectivity index (χ0) is 16.8. The van der Waals surface area contributed by atoms with Crippen LogP contribution in [0, 0.1) is 0 Å². The van der Waals surface area contributed by atoms with Gasteiger partial charge in [0.1, 0.15) is 5.75 Å². The predicted octanol–water partition coefficient (Wildman–Crippen LogP) is 2.73. The molecular formula is C17H25N3O3. The highest BCUT2D eigenvalue weighted by molar-refractivity contribution is 5.55.